The zero-order valence-electron chi connectivity index (χ0n) is 16.9. The molecule has 0 aromatic carbocycles. The Morgan fingerprint density at radius 2 is 2.03 bits per heavy atom. The lowest BCUT2D eigenvalue weighted by Crippen LogP contribution is -2.57. The van der Waals surface area contributed by atoms with Gasteiger partial charge < -0.3 is 0 Å². The number of carbonyl (C=O) groups excluding carboxylic acids is 2. The van der Waals surface area contributed by atoms with Crippen LogP contribution in [0.25, 0.3) is 0 Å². The molecule has 0 saturated heterocycles. The Kier molecular flexibility index (Phi) is 6.99. The molecule has 2 atom stereocenters. The van der Waals surface area contributed by atoms with Gasteiger partial charge in [0.1, 0.15) is 11.8 Å². The number of carbonyl (C=O) groups is 2. The van der Waals surface area contributed by atoms with Crippen LogP contribution in [0, 0.1) is 11.3 Å². The van der Waals surface area contributed by atoms with Gasteiger partial charge in [-0.15, -0.1) is 24.4 Å². The number of dihydropyridines is 1. The average Bonchev–Trinajstić information content (AvgIpc) is 3.39. The first kappa shape index (κ1) is 24.6. The molecule has 6 nitrogen and oxygen atoms in total. The Labute approximate surface area is 189 Å². The highest BCUT2D eigenvalue weighted by molar-refractivity contribution is 8.14. The summed E-state index contributed by atoms with van der Waals surface area (Å²) in [6.07, 6.45) is -6.63. The van der Waals surface area contributed by atoms with E-state index < -0.39 is 57.9 Å². The molecule has 3 heterocycles. The van der Waals surface area contributed by atoms with E-state index in [4.69, 9.17) is 0 Å². The lowest BCUT2D eigenvalue weighted by molar-refractivity contribution is -0.119. The van der Waals surface area contributed by atoms with E-state index in [9.17, 15) is 31.5 Å². The molecule has 174 valence electrons. The summed E-state index contributed by atoms with van der Waals surface area (Å²) in [4.78, 5) is 33.8. The van der Waals surface area contributed by atoms with Crippen molar-refractivity contribution in [1.29, 1.82) is 0 Å². The number of nitrogens with zero attached hydrogens (tertiary/aromatic N) is 4. The second-order valence-electron chi connectivity index (χ2n) is 7.61. The molecule has 2 aliphatic rings. The van der Waals surface area contributed by atoms with Crippen LogP contribution in [0.1, 0.15) is 25.1 Å². The highest BCUT2D eigenvalue weighted by Gasteiger charge is 2.63. The lowest BCUT2D eigenvalue weighted by Gasteiger charge is -2.41. The van der Waals surface area contributed by atoms with Crippen LogP contribution in [0.5, 0.6) is 0 Å². The van der Waals surface area contributed by atoms with E-state index in [1.807, 2.05) is 0 Å². The number of thioether (sulfide) groups is 1. The van der Waals surface area contributed by atoms with Crippen molar-refractivity contribution in [2.45, 2.75) is 38.9 Å². The van der Waals surface area contributed by atoms with Gasteiger partial charge in [0.2, 0.25) is 5.12 Å². The molecular weight excluding hydrogens is 475 g/mol. The number of alkyl halides is 5. The van der Waals surface area contributed by atoms with E-state index in [-0.39, 0.29) is 18.0 Å². The highest BCUT2D eigenvalue weighted by Crippen LogP contribution is 2.50. The number of aliphatic imine (C=N–C) groups is 2. The third-order valence-corrected chi connectivity index (χ3v) is 6.38. The molecule has 3 rings (SSSR count). The van der Waals surface area contributed by atoms with Crippen LogP contribution in [0.3, 0.4) is 0 Å². The molecule has 2 aliphatic heterocycles. The van der Waals surface area contributed by atoms with Gasteiger partial charge in [0.15, 0.2) is 5.41 Å². The molecule has 32 heavy (non-hydrogen) atoms. The minimum Gasteiger partial charge on any atom is -0.286 e. The summed E-state index contributed by atoms with van der Waals surface area (Å²) in [5.74, 6) is -1.27. The maximum atomic E-state index is 14.3. The van der Waals surface area contributed by atoms with Gasteiger partial charge in [0.05, 0.1) is 5.04 Å². The molecule has 0 saturated carbocycles. The van der Waals surface area contributed by atoms with Crippen LogP contribution >= 0.6 is 24.4 Å². The third kappa shape index (κ3) is 4.16. The summed E-state index contributed by atoms with van der Waals surface area (Å²) in [6.45, 7) is 3.48. The van der Waals surface area contributed by atoms with E-state index >= 15 is 0 Å². The van der Waals surface area contributed by atoms with Gasteiger partial charge in [-0.1, -0.05) is 13.8 Å². The van der Waals surface area contributed by atoms with Crippen molar-refractivity contribution in [3.05, 3.63) is 29.6 Å². The van der Waals surface area contributed by atoms with Gasteiger partial charge in [-0.2, -0.15) is 18.3 Å². The van der Waals surface area contributed by atoms with Gasteiger partial charge in [0, 0.05) is 30.3 Å². The molecule has 0 N–H and O–H groups in total. The van der Waals surface area contributed by atoms with E-state index in [0.717, 1.165) is 18.0 Å². The van der Waals surface area contributed by atoms with Crippen molar-refractivity contribution in [2.24, 2.45) is 21.3 Å². The molecule has 1 aromatic heterocycles. The molecule has 2 unspecified atom stereocenters. The summed E-state index contributed by atoms with van der Waals surface area (Å²) in [5, 5.41) is 2.31. The van der Waals surface area contributed by atoms with Crippen molar-refractivity contribution in [3.63, 3.8) is 0 Å². The van der Waals surface area contributed by atoms with Crippen LogP contribution in [-0.2, 0) is 4.79 Å². The predicted octanol–water partition coefficient (Wildman–Crippen LogP) is 4.10. The van der Waals surface area contributed by atoms with Gasteiger partial charge in [-0.25, -0.2) is 13.5 Å². The first-order chi connectivity index (χ1) is 14.9. The Morgan fingerprint density at radius 1 is 1.34 bits per heavy atom. The van der Waals surface area contributed by atoms with Crippen molar-refractivity contribution in [2.75, 3.05) is 12.3 Å². The molecule has 1 aromatic rings. The predicted molar refractivity (Wildman–Crippen MR) is 114 cm³/mol. The molecule has 0 fully saturated rings. The molecule has 0 spiro atoms. The summed E-state index contributed by atoms with van der Waals surface area (Å²) in [7, 11) is 0. The van der Waals surface area contributed by atoms with E-state index in [2.05, 4.69) is 27.7 Å². The number of aromatic nitrogens is 2. The Balaban J connectivity index is 2.47. The number of halogens is 5. The summed E-state index contributed by atoms with van der Waals surface area (Å²) < 4.78 is 71.3. The largest absolute Gasteiger partial charge is 0.433 e. The fourth-order valence-corrected chi connectivity index (χ4v) is 5.13. The zero-order valence-corrected chi connectivity index (χ0v) is 18.6. The van der Waals surface area contributed by atoms with E-state index in [1.54, 1.807) is 13.8 Å². The molecular formula is C19H19F5N4O2S2. The SMILES string of the molecule is CC(C)CC1=C(C2=NCCS2)C(C(F)(F)F)=NC(C(F)F)C1(C(=O)S)C(=O)n1cccn1. The van der Waals surface area contributed by atoms with Crippen LogP contribution in [-0.4, -0.2) is 62.5 Å². The van der Waals surface area contributed by atoms with Gasteiger partial charge in [0.25, 0.3) is 12.3 Å². The van der Waals surface area contributed by atoms with Crippen molar-refractivity contribution in [3.8, 4) is 0 Å². The zero-order chi connectivity index (χ0) is 23.8. The summed E-state index contributed by atoms with van der Waals surface area (Å²) in [5.41, 5.74) is -5.35. The lowest BCUT2D eigenvalue weighted by atomic mass is 9.67. The molecule has 0 aliphatic carbocycles. The molecule has 0 amide bonds. The maximum Gasteiger partial charge on any atom is 0.433 e. The Morgan fingerprint density at radius 3 is 2.47 bits per heavy atom. The van der Waals surface area contributed by atoms with Crippen LogP contribution in [0.4, 0.5) is 22.0 Å². The minimum absolute atomic E-state index is 0.0864. The van der Waals surface area contributed by atoms with Crippen molar-refractivity contribution < 1.29 is 31.5 Å². The highest BCUT2D eigenvalue weighted by atomic mass is 32.2. The van der Waals surface area contributed by atoms with Crippen LogP contribution < -0.4 is 0 Å². The summed E-state index contributed by atoms with van der Waals surface area (Å²) >= 11 is 4.74. The first-order valence-corrected chi connectivity index (χ1v) is 11.0. The molecule has 13 heteroatoms. The van der Waals surface area contributed by atoms with E-state index in [1.165, 1.54) is 12.3 Å². The van der Waals surface area contributed by atoms with Crippen molar-refractivity contribution in [1.82, 2.24) is 9.78 Å². The average molecular weight is 495 g/mol. The number of rotatable bonds is 6. The minimum atomic E-state index is -5.11. The number of hydrogen-bond donors (Lipinski definition) is 1. The quantitative estimate of drug-likeness (QED) is 0.367. The van der Waals surface area contributed by atoms with Crippen molar-refractivity contribution >= 4 is 46.2 Å². The monoisotopic (exact) mass is 494 g/mol. The second kappa shape index (κ2) is 9.08. The Hall–Kier alpha value is -2.02. The van der Waals surface area contributed by atoms with Gasteiger partial charge in [-0.05, 0) is 24.0 Å². The first-order valence-electron chi connectivity index (χ1n) is 9.54. The fourth-order valence-electron chi connectivity index (χ4n) is 3.84. The van der Waals surface area contributed by atoms with Gasteiger partial charge >= 0.3 is 6.18 Å². The maximum absolute atomic E-state index is 14.3. The standard InChI is InChI=1S/C19H19F5N4O2S2/c1-9(2)8-10-11(15-25-5-7-32-15)12(19(22,23)24)27-13(14(20)21)18(10,17(30)31)16(29)28-6-3-4-26-28/h3-4,6,9,13-14H,5,7-8H2,1-2H3,(H,30,31). The molecule has 0 radical (unpaired) electrons. The third-order valence-electron chi connectivity index (χ3n) is 5.03. The summed E-state index contributed by atoms with van der Waals surface area (Å²) in [6, 6.07) is -1.31. The fraction of sp³-hybridized carbons (Fsp3) is 0.526. The number of thiol groups is 1. The van der Waals surface area contributed by atoms with E-state index in [0.29, 0.717) is 10.4 Å². The topological polar surface area (TPSA) is 76.7 Å². The van der Waals surface area contributed by atoms with Gasteiger partial charge in [-0.3, -0.25) is 19.6 Å². The molecule has 0 bridgehead atoms. The second-order valence-corrected chi connectivity index (χ2v) is 9.10. The van der Waals surface area contributed by atoms with Crippen LogP contribution in [0.15, 0.2) is 39.6 Å². The number of hydrogen-bond acceptors (Lipinski definition) is 6. The normalized spacial score (nSPS) is 24.2. The Bertz CT molecular complexity index is 1000. The smallest absolute Gasteiger partial charge is 0.286 e. The van der Waals surface area contributed by atoms with Crippen LogP contribution in [0.2, 0.25) is 0 Å².